The fraction of sp³-hybridized carbons (Fsp3) is 0.0769. The molecule has 116 valence electrons. The highest BCUT2D eigenvalue weighted by Crippen LogP contribution is 2.30. The molecule has 0 saturated carbocycles. The molecule has 0 aliphatic rings. The third-order valence-corrected chi connectivity index (χ3v) is 3.94. The van der Waals surface area contributed by atoms with Crippen molar-refractivity contribution in [1.29, 1.82) is 0 Å². The Bertz CT molecular complexity index is 852. The van der Waals surface area contributed by atoms with Crippen molar-refractivity contribution < 1.29 is 26.3 Å². The Hall–Kier alpha value is -2.55. The molecule has 0 saturated heterocycles. The Morgan fingerprint density at radius 2 is 1.82 bits per heavy atom. The molecule has 0 aromatic heterocycles. The van der Waals surface area contributed by atoms with Gasteiger partial charge in [-0.3, -0.25) is 10.1 Å². The molecule has 0 radical (unpaired) electrons. The zero-order valence-electron chi connectivity index (χ0n) is 11.1. The van der Waals surface area contributed by atoms with E-state index in [1.54, 1.807) is 6.92 Å². The van der Waals surface area contributed by atoms with Gasteiger partial charge >= 0.3 is 15.8 Å². The maximum absolute atomic E-state index is 13.7. The van der Waals surface area contributed by atoms with Gasteiger partial charge in [0.1, 0.15) is 16.5 Å². The molecular formula is C13H9F2NO5S. The summed E-state index contributed by atoms with van der Waals surface area (Å²) in [7, 11) is -4.68. The van der Waals surface area contributed by atoms with Crippen LogP contribution in [-0.4, -0.2) is 13.3 Å². The van der Waals surface area contributed by atoms with Gasteiger partial charge in [-0.1, -0.05) is 6.07 Å². The predicted molar refractivity (Wildman–Crippen MR) is 72.0 cm³/mol. The Morgan fingerprint density at radius 1 is 1.14 bits per heavy atom. The third-order valence-electron chi connectivity index (χ3n) is 2.67. The van der Waals surface area contributed by atoms with Gasteiger partial charge in [0, 0.05) is 12.1 Å². The first kappa shape index (κ1) is 15.8. The number of hydrogen-bond donors (Lipinski definition) is 0. The van der Waals surface area contributed by atoms with Crippen molar-refractivity contribution >= 4 is 15.8 Å². The van der Waals surface area contributed by atoms with E-state index >= 15 is 0 Å². The first-order valence-corrected chi connectivity index (χ1v) is 7.26. The lowest BCUT2D eigenvalue weighted by Gasteiger charge is -2.08. The standard InChI is InChI=1S/C13H9F2NO5S/c1-8-2-5-13(10(15)6-8)22(19,20)21-12-7-9(14)3-4-11(12)16(17)18/h2-7H,1H3. The van der Waals surface area contributed by atoms with E-state index in [0.29, 0.717) is 11.6 Å². The zero-order valence-corrected chi connectivity index (χ0v) is 11.9. The molecule has 0 fully saturated rings. The van der Waals surface area contributed by atoms with Crippen LogP contribution in [0, 0.1) is 28.7 Å². The van der Waals surface area contributed by atoms with E-state index < -0.39 is 43.0 Å². The molecule has 9 heteroatoms. The molecule has 2 aromatic carbocycles. The van der Waals surface area contributed by atoms with Gasteiger partial charge in [0.05, 0.1) is 4.92 Å². The predicted octanol–water partition coefficient (Wildman–Crippen LogP) is 2.95. The number of nitrogens with zero attached hydrogens (tertiary/aromatic N) is 1. The van der Waals surface area contributed by atoms with Crippen molar-refractivity contribution in [2.24, 2.45) is 0 Å². The summed E-state index contributed by atoms with van der Waals surface area (Å²) >= 11 is 0. The molecule has 0 aliphatic heterocycles. The maximum Gasteiger partial charge on any atom is 0.342 e. The largest absolute Gasteiger partial charge is 0.371 e. The first-order chi connectivity index (χ1) is 10.2. The molecule has 0 bridgehead atoms. The van der Waals surface area contributed by atoms with Crippen molar-refractivity contribution in [3.8, 4) is 5.75 Å². The highest BCUT2D eigenvalue weighted by atomic mass is 32.2. The number of halogens is 2. The fourth-order valence-corrected chi connectivity index (χ4v) is 2.67. The SMILES string of the molecule is Cc1ccc(S(=O)(=O)Oc2cc(F)ccc2[N+](=O)[O-])c(F)c1. The molecule has 0 aliphatic carbocycles. The van der Waals surface area contributed by atoms with Gasteiger partial charge in [0.15, 0.2) is 0 Å². The average molecular weight is 329 g/mol. The molecule has 0 heterocycles. The Morgan fingerprint density at radius 3 is 2.41 bits per heavy atom. The van der Waals surface area contributed by atoms with Gasteiger partial charge in [-0.15, -0.1) is 0 Å². The zero-order chi connectivity index (χ0) is 16.5. The quantitative estimate of drug-likeness (QED) is 0.489. The lowest BCUT2D eigenvalue weighted by molar-refractivity contribution is -0.385. The van der Waals surface area contributed by atoms with Crippen molar-refractivity contribution in [1.82, 2.24) is 0 Å². The summed E-state index contributed by atoms with van der Waals surface area (Å²) in [6.07, 6.45) is 0. The minimum absolute atomic E-state index is 0.480. The lowest BCUT2D eigenvalue weighted by atomic mass is 10.2. The molecule has 0 amide bonds. The highest BCUT2D eigenvalue weighted by Gasteiger charge is 2.26. The first-order valence-electron chi connectivity index (χ1n) is 5.85. The van der Waals surface area contributed by atoms with Crippen molar-refractivity contribution in [3.63, 3.8) is 0 Å². The normalized spacial score (nSPS) is 11.2. The van der Waals surface area contributed by atoms with E-state index in [1.807, 2.05) is 0 Å². The molecule has 0 N–H and O–H groups in total. The second-order valence-electron chi connectivity index (χ2n) is 4.34. The Balaban J connectivity index is 2.49. The number of hydrogen-bond acceptors (Lipinski definition) is 5. The summed E-state index contributed by atoms with van der Waals surface area (Å²) in [6, 6.07) is 5.35. The number of rotatable bonds is 4. The van der Waals surface area contributed by atoms with Gasteiger partial charge in [0.25, 0.3) is 0 Å². The molecule has 6 nitrogen and oxygen atoms in total. The molecular weight excluding hydrogens is 320 g/mol. The van der Waals surface area contributed by atoms with Crippen LogP contribution in [-0.2, 0) is 10.1 Å². The van der Waals surface area contributed by atoms with Crippen LogP contribution < -0.4 is 4.18 Å². The van der Waals surface area contributed by atoms with Gasteiger partial charge in [-0.2, -0.15) is 8.42 Å². The van der Waals surface area contributed by atoms with Crippen LogP contribution in [0.5, 0.6) is 5.75 Å². The molecule has 0 atom stereocenters. The third kappa shape index (κ3) is 3.19. The average Bonchev–Trinajstić information content (AvgIpc) is 2.37. The van der Waals surface area contributed by atoms with Gasteiger partial charge in [-0.25, -0.2) is 8.78 Å². The molecule has 2 aromatic rings. The minimum atomic E-state index is -4.68. The number of benzene rings is 2. The lowest BCUT2D eigenvalue weighted by Crippen LogP contribution is -2.13. The van der Waals surface area contributed by atoms with Crippen molar-refractivity contribution in [2.45, 2.75) is 11.8 Å². The summed E-state index contributed by atoms with van der Waals surface area (Å²) in [4.78, 5) is 9.07. The van der Waals surface area contributed by atoms with E-state index in [4.69, 9.17) is 0 Å². The number of nitro benzene ring substituents is 1. The highest BCUT2D eigenvalue weighted by molar-refractivity contribution is 7.87. The van der Waals surface area contributed by atoms with Crippen LogP contribution in [0.15, 0.2) is 41.3 Å². The second kappa shape index (κ2) is 5.68. The van der Waals surface area contributed by atoms with E-state index in [9.17, 15) is 27.3 Å². The van der Waals surface area contributed by atoms with E-state index in [0.717, 1.165) is 24.3 Å². The van der Waals surface area contributed by atoms with Crippen molar-refractivity contribution in [2.75, 3.05) is 0 Å². The summed E-state index contributed by atoms with van der Waals surface area (Å²) in [6.45, 7) is 1.55. The molecule has 0 spiro atoms. The van der Waals surface area contributed by atoms with Crippen LogP contribution in [0.4, 0.5) is 14.5 Å². The van der Waals surface area contributed by atoms with Crippen LogP contribution in [0.2, 0.25) is 0 Å². The van der Waals surface area contributed by atoms with Crippen molar-refractivity contribution in [3.05, 3.63) is 63.7 Å². The maximum atomic E-state index is 13.7. The summed E-state index contributed by atoms with van der Waals surface area (Å²) < 4.78 is 55.4. The van der Waals surface area contributed by atoms with Crippen LogP contribution in [0.25, 0.3) is 0 Å². The smallest absolute Gasteiger partial charge is 0.342 e. The Kier molecular flexibility index (Phi) is 4.09. The van der Waals surface area contributed by atoms with Crippen LogP contribution >= 0.6 is 0 Å². The van der Waals surface area contributed by atoms with Gasteiger partial charge < -0.3 is 4.18 Å². The molecule has 22 heavy (non-hydrogen) atoms. The summed E-state index contributed by atoms with van der Waals surface area (Å²) in [5.41, 5.74) is -0.273. The van der Waals surface area contributed by atoms with E-state index in [1.165, 1.54) is 6.07 Å². The van der Waals surface area contributed by atoms with Gasteiger partial charge in [0.2, 0.25) is 5.75 Å². The molecule has 2 rings (SSSR count). The van der Waals surface area contributed by atoms with Crippen LogP contribution in [0.1, 0.15) is 5.56 Å². The van der Waals surface area contributed by atoms with E-state index in [-0.39, 0.29) is 0 Å². The Labute approximate surface area is 124 Å². The van der Waals surface area contributed by atoms with E-state index in [2.05, 4.69) is 4.18 Å². The van der Waals surface area contributed by atoms with Gasteiger partial charge in [-0.05, 0) is 30.7 Å². The number of nitro groups is 1. The second-order valence-corrected chi connectivity index (χ2v) is 5.86. The summed E-state index contributed by atoms with van der Waals surface area (Å²) in [5, 5.41) is 10.8. The van der Waals surface area contributed by atoms with Crippen LogP contribution in [0.3, 0.4) is 0 Å². The topological polar surface area (TPSA) is 86.5 Å². The summed E-state index contributed by atoms with van der Waals surface area (Å²) in [5.74, 6) is -2.83. The minimum Gasteiger partial charge on any atom is -0.371 e. The monoisotopic (exact) mass is 329 g/mol. The number of aryl methyl sites for hydroxylation is 1. The molecule has 0 unspecified atom stereocenters. The fourth-order valence-electron chi connectivity index (χ4n) is 1.68.